The standard InChI is InChI=1S/C7H9N5O4/c8-6(13)16-2-1-9-7-10-3-5(4-11-7)12(14)15/h3-4H,1-2H2,(H2,8,13)(H,9,10,11). The van der Waals surface area contributed by atoms with E-state index in [4.69, 9.17) is 5.73 Å². The van der Waals surface area contributed by atoms with Crippen molar-refractivity contribution in [1.29, 1.82) is 0 Å². The Morgan fingerprint density at radius 1 is 1.56 bits per heavy atom. The molecule has 0 atom stereocenters. The van der Waals surface area contributed by atoms with Crippen molar-refractivity contribution in [2.75, 3.05) is 18.5 Å². The Morgan fingerprint density at radius 2 is 2.19 bits per heavy atom. The Hall–Kier alpha value is -2.45. The molecule has 3 N–H and O–H groups in total. The molecule has 86 valence electrons. The molecule has 1 rings (SSSR count). The summed E-state index contributed by atoms with van der Waals surface area (Å²) < 4.78 is 4.44. The summed E-state index contributed by atoms with van der Waals surface area (Å²) in [4.78, 5) is 27.2. The summed E-state index contributed by atoms with van der Waals surface area (Å²) in [6.07, 6.45) is 1.28. The van der Waals surface area contributed by atoms with Crippen molar-refractivity contribution in [3.63, 3.8) is 0 Å². The zero-order valence-corrected chi connectivity index (χ0v) is 8.12. The monoisotopic (exact) mass is 227 g/mol. The maximum Gasteiger partial charge on any atom is 0.404 e. The average molecular weight is 227 g/mol. The summed E-state index contributed by atoms with van der Waals surface area (Å²) >= 11 is 0. The number of nitrogens with two attached hydrogens (primary N) is 1. The van der Waals surface area contributed by atoms with Crippen molar-refractivity contribution in [2.45, 2.75) is 0 Å². The van der Waals surface area contributed by atoms with E-state index >= 15 is 0 Å². The largest absolute Gasteiger partial charge is 0.448 e. The lowest BCUT2D eigenvalue weighted by atomic mass is 10.5. The van der Waals surface area contributed by atoms with E-state index in [1.165, 1.54) is 0 Å². The molecule has 1 heterocycles. The average Bonchev–Trinajstić information content (AvgIpc) is 2.25. The Bertz CT molecular complexity index is 379. The summed E-state index contributed by atoms with van der Waals surface area (Å²) in [5.41, 5.74) is 4.53. The number of nitro groups is 1. The van der Waals surface area contributed by atoms with E-state index in [2.05, 4.69) is 20.0 Å². The number of primary amides is 1. The van der Waals surface area contributed by atoms with Crippen LogP contribution in [0.15, 0.2) is 12.4 Å². The van der Waals surface area contributed by atoms with E-state index in [0.29, 0.717) is 0 Å². The molecule has 0 unspecified atom stereocenters. The van der Waals surface area contributed by atoms with Crippen LogP contribution in [0.3, 0.4) is 0 Å². The van der Waals surface area contributed by atoms with E-state index in [1.807, 2.05) is 0 Å². The molecule has 0 aromatic carbocycles. The van der Waals surface area contributed by atoms with Crippen LogP contribution < -0.4 is 11.1 Å². The topological polar surface area (TPSA) is 133 Å². The lowest BCUT2D eigenvalue weighted by molar-refractivity contribution is -0.385. The van der Waals surface area contributed by atoms with Crippen LogP contribution in [0.2, 0.25) is 0 Å². The number of carbonyl (C=O) groups is 1. The molecule has 0 bridgehead atoms. The summed E-state index contributed by atoms with van der Waals surface area (Å²) in [7, 11) is 0. The first-order chi connectivity index (χ1) is 7.59. The molecule has 0 saturated heterocycles. The van der Waals surface area contributed by atoms with Crippen LogP contribution in [0.4, 0.5) is 16.4 Å². The first kappa shape index (κ1) is 11.6. The molecule has 1 aromatic rings. The van der Waals surface area contributed by atoms with Crippen molar-refractivity contribution >= 4 is 17.7 Å². The molecule has 0 saturated carbocycles. The highest BCUT2D eigenvalue weighted by atomic mass is 16.6. The van der Waals surface area contributed by atoms with Crippen LogP contribution in [0, 0.1) is 10.1 Å². The number of hydrogen-bond donors (Lipinski definition) is 2. The van der Waals surface area contributed by atoms with Gasteiger partial charge in [-0.3, -0.25) is 10.1 Å². The zero-order chi connectivity index (χ0) is 12.0. The van der Waals surface area contributed by atoms with Gasteiger partial charge in [-0.15, -0.1) is 0 Å². The Kier molecular flexibility index (Phi) is 3.95. The third kappa shape index (κ3) is 3.74. The normalized spacial score (nSPS) is 9.50. The predicted molar refractivity (Wildman–Crippen MR) is 52.7 cm³/mol. The van der Waals surface area contributed by atoms with Crippen LogP contribution in [-0.2, 0) is 4.74 Å². The quantitative estimate of drug-likeness (QED) is 0.407. The smallest absolute Gasteiger partial charge is 0.404 e. The molecule has 9 heteroatoms. The maximum absolute atomic E-state index is 10.3. The summed E-state index contributed by atoms with van der Waals surface area (Å²) in [6.45, 7) is 0.330. The highest BCUT2D eigenvalue weighted by Gasteiger charge is 2.05. The Morgan fingerprint density at radius 3 is 2.69 bits per heavy atom. The second-order valence-corrected chi connectivity index (χ2v) is 2.62. The summed E-state index contributed by atoms with van der Waals surface area (Å²) in [5, 5.41) is 13.0. The zero-order valence-electron chi connectivity index (χ0n) is 8.12. The van der Waals surface area contributed by atoms with E-state index < -0.39 is 11.0 Å². The molecule has 0 fully saturated rings. The predicted octanol–water partition coefficient (Wildman–Crippen LogP) is -0.108. The Balaban J connectivity index is 2.38. The lowest BCUT2D eigenvalue weighted by Gasteiger charge is -2.03. The van der Waals surface area contributed by atoms with Gasteiger partial charge >= 0.3 is 11.8 Å². The number of rotatable bonds is 5. The fourth-order valence-electron chi connectivity index (χ4n) is 0.821. The van der Waals surface area contributed by atoms with Crippen molar-refractivity contribution < 1.29 is 14.5 Å². The maximum atomic E-state index is 10.3. The van der Waals surface area contributed by atoms with Crippen LogP contribution in [-0.4, -0.2) is 34.1 Å². The van der Waals surface area contributed by atoms with Crippen LogP contribution in [0.1, 0.15) is 0 Å². The number of nitrogens with one attached hydrogen (secondary N) is 1. The first-order valence-electron chi connectivity index (χ1n) is 4.22. The van der Waals surface area contributed by atoms with Crippen molar-refractivity contribution in [2.24, 2.45) is 5.73 Å². The van der Waals surface area contributed by atoms with Gasteiger partial charge in [-0.1, -0.05) is 0 Å². The van der Waals surface area contributed by atoms with E-state index in [-0.39, 0.29) is 24.8 Å². The number of ether oxygens (including phenoxy) is 1. The van der Waals surface area contributed by atoms with E-state index in [1.54, 1.807) is 0 Å². The van der Waals surface area contributed by atoms with Crippen molar-refractivity contribution in [1.82, 2.24) is 9.97 Å². The molecule has 0 aliphatic heterocycles. The molecule has 0 radical (unpaired) electrons. The van der Waals surface area contributed by atoms with Gasteiger partial charge in [0.15, 0.2) is 0 Å². The summed E-state index contributed by atoms with van der Waals surface area (Å²) in [5.74, 6) is 0.207. The number of amides is 1. The van der Waals surface area contributed by atoms with Gasteiger partial charge in [0.25, 0.3) is 0 Å². The molecule has 9 nitrogen and oxygen atoms in total. The summed E-state index contributed by atoms with van der Waals surface area (Å²) in [6, 6.07) is 0. The third-order valence-corrected chi connectivity index (χ3v) is 1.48. The fourth-order valence-corrected chi connectivity index (χ4v) is 0.821. The highest BCUT2D eigenvalue weighted by Crippen LogP contribution is 2.07. The minimum atomic E-state index is -0.869. The molecular formula is C7H9N5O4. The fraction of sp³-hybridized carbons (Fsp3) is 0.286. The highest BCUT2D eigenvalue weighted by molar-refractivity contribution is 5.64. The van der Waals surface area contributed by atoms with Crippen LogP contribution >= 0.6 is 0 Å². The molecule has 0 aliphatic carbocycles. The van der Waals surface area contributed by atoms with E-state index in [9.17, 15) is 14.9 Å². The SMILES string of the molecule is NC(=O)OCCNc1ncc([N+](=O)[O-])cn1. The minimum Gasteiger partial charge on any atom is -0.448 e. The van der Waals surface area contributed by atoms with Gasteiger partial charge in [-0.05, 0) is 0 Å². The number of aromatic nitrogens is 2. The van der Waals surface area contributed by atoms with Gasteiger partial charge in [-0.2, -0.15) is 0 Å². The van der Waals surface area contributed by atoms with E-state index in [0.717, 1.165) is 12.4 Å². The number of anilines is 1. The number of hydrogen-bond acceptors (Lipinski definition) is 7. The van der Waals surface area contributed by atoms with Gasteiger partial charge in [0.05, 0.1) is 11.5 Å². The first-order valence-corrected chi connectivity index (χ1v) is 4.22. The molecule has 1 aromatic heterocycles. The molecule has 0 aliphatic rings. The molecule has 0 spiro atoms. The molecular weight excluding hydrogens is 218 g/mol. The van der Waals surface area contributed by atoms with Gasteiger partial charge in [0.2, 0.25) is 5.95 Å². The van der Waals surface area contributed by atoms with Gasteiger partial charge in [-0.25, -0.2) is 14.8 Å². The third-order valence-electron chi connectivity index (χ3n) is 1.48. The van der Waals surface area contributed by atoms with Crippen molar-refractivity contribution in [3.05, 3.63) is 22.5 Å². The molecule has 16 heavy (non-hydrogen) atoms. The molecule has 1 amide bonds. The van der Waals surface area contributed by atoms with Gasteiger partial charge in [0.1, 0.15) is 19.0 Å². The van der Waals surface area contributed by atoms with Gasteiger partial charge < -0.3 is 15.8 Å². The second kappa shape index (κ2) is 5.44. The van der Waals surface area contributed by atoms with Crippen molar-refractivity contribution in [3.8, 4) is 0 Å². The van der Waals surface area contributed by atoms with Crippen LogP contribution in [0.25, 0.3) is 0 Å². The lowest BCUT2D eigenvalue weighted by Crippen LogP contribution is -2.19. The minimum absolute atomic E-state index is 0.0652. The van der Waals surface area contributed by atoms with Crippen LogP contribution in [0.5, 0.6) is 0 Å². The van der Waals surface area contributed by atoms with Gasteiger partial charge in [0, 0.05) is 0 Å². The second-order valence-electron chi connectivity index (χ2n) is 2.62. The number of carbonyl (C=O) groups excluding carboxylic acids is 1. The Labute approximate surface area is 89.8 Å². The number of nitrogens with zero attached hydrogens (tertiary/aromatic N) is 3.